The number of nitrogens with one attached hydrogen (secondary N) is 1. The van der Waals surface area contributed by atoms with E-state index in [1.807, 2.05) is 0 Å². The first-order chi connectivity index (χ1) is 9.91. The molecule has 2 rings (SSSR count). The molecule has 0 heterocycles. The van der Waals surface area contributed by atoms with Crippen molar-refractivity contribution in [2.24, 2.45) is 11.7 Å². The number of amides is 1. The van der Waals surface area contributed by atoms with E-state index < -0.39 is 9.84 Å². The maximum absolute atomic E-state index is 12.3. The van der Waals surface area contributed by atoms with E-state index in [1.165, 1.54) is 12.1 Å². The number of rotatable bonds is 4. The van der Waals surface area contributed by atoms with Crippen molar-refractivity contribution in [1.29, 1.82) is 0 Å². The fraction of sp³-hybridized carbons (Fsp3) is 0.533. The molecule has 22 heavy (non-hydrogen) atoms. The van der Waals surface area contributed by atoms with E-state index in [4.69, 9.17) is 5.73 Å². The Balaban J connectivity index is 0.00000242. The zero-order valence-corrected chi connectivity index (χ0v) is 14.3. The molecule has 7 heteroatoms. The molecule has 124 valence electrons. The normalized spacial score (nSPS) is 21.7. The van der Waals surface area contributed by atoms with Gasteiger partial charge in [-0.2, -0.15) is 0 Å². The zero-order valence-electron chi connectivity index (χ0n) is 12.6. The van der Waals surface area contributed by atoms with Gasteiger partial charge in [-0.1, -0.05) is 18.9 Å². The molecule has 1 aromatic rings. The summed E-state index contributed by atoms with van der Waals surface area (Å²) >= 11 is 0. The first kappa shape index (κ1) is 18.9. The molecular weight excluding hydrogens is 324 g/mol. The van der Waals surface area contributed by atoms with Gasteiger partial charge in [0.1, 0.15) is 0 Å². The smallest absolute Gasteiger partial charge is 0.251 e. The Labute approximate surface area is 138 Å². The molecule has 1 saturated carbocycles. The largest absolute Gasteiger partial charge is 0.349 e. The molecule has 1 aliphatic carbocycles. The van der Waals surface area contributed by atoms with E-state index in [2.05, 4.69) is 5.32 Å². The standard InChI is InChI=1S/C15H22N2O3S.ClH/c1-21(19,20)13-7-4-6-11(9-13)15(18)17-14-8-3-2-5-12(14)10-16;/h4,6-7,9,12,14H,2-3,5,8,10,16H2,1H3,(H,17,18);1H. The fourth-order valence-electron chi connectivity index (χ4n) is 2.80. The Morgan fingerprint density at radius 1 is 1.32 bits per heavy atom. The van der Waals surface area contributed by atoms with Gasteiger partial charge < -0.3 is 11.1 Å². The average Bonchev–Trinajstić information content (AvgIpc) is 2.47. The van der Waals surface area contributed by atoms with Crippen LogP contribution in [0.4, 0.5) is 0 Å². The Morgan fingerprint density at radius 2 is 2.00 bits per heavy atom. The van der Waals surface area contributed by atoms with E-state index in [0.717, 1.165) is 31.9 Å². The summed E-state index contributed by atoms with van der Waals surface area (Å²) in [5.74, 6) is 0.0756. The lowest BCUT2D eigenvalue weighted by Crippen LogP contribution is -2.44. The topological polar surface area (TPSA) is 89.3 Å². The van der Waals surface area contributed by atoms with Gasteiger partial charge in [-0.25, -0.2) is 8.42 Å². The highest BCUT2D eigenvalue weighted by atomic mass is 35.5. The lowest BCUT2D eigenvalue weighted by atomic mass is 9.84. The predicted molar refractivity (Wildman–Crippen MR) is 89.1 cm³/mol. The Bertz CT molecular complexity index is 619. The van der Waals surface area contributed by atoms with Gasteiger partial charge in [-0.3, -0.25) is 4.79 Å². The maximum atomic E-state index is 12.3. The van der Waals surface area contributed by atoms with Gasteiger partial charge >= 0.3 is 0 Å². The van der Waals surface area contributed by atoms with E-state index in [1.54, 1.807) is 12.1 Å². The van der Waals surface area contributed by atoms with Crippen LogP contribution in [0.15, 0.2) is 29.2 Å². The van der Waals surface area contributed by atoms with Crippen molar-refractivity contribution in [1.82, 2.24) is 5.32 Å². The van der Waals surface area contributed by atoms with Gasteiger partial charge in [0, 0.05) is 17.9 Å². The molecule has 0 saturated heterocycles. The summed E-state index contributed by atoms with van der Waals surface area (Å²) in [5.41, 5.74) is 6.13. The van der Waals surface area contributed by atoms with Gasteiger partial charge in [0.25, 0.3) is 5.91 Å². The highest BCUT2D eigenvalue weighted by Crippen LogP contribution is 2.24. The van der Waals surface area contributed by atoms with Crippen molar-refractivity contribution in [3.63, 3.8) is 0 Å². The predicted octanol–water partition coefficient (Wildman–Crippen LogP) is 1.76. The minimum absolute atomic E-state index is 0. The summed E-state index contributed by atoms with van der Waals surface area (Å²) in [4.78, 5) is 12.5. The van der Waals surface area contributed by atoms with E-state index in [9.17, 15) is 13.2 Å². The van der Waals surface area contributed by atoms with Crippen LogP contribution < -0.4 is 11.1 Å². The molecule has 1 aliphatic rings. The third kappa shape index (κ3) is 4.69. The van der Waals surface area contributed by atoms with Crippen LogP contribution in [0.3, 0.4) is 0 Å². The molecule has 1 amide bonds. The lowest BCUT2D eigenvalue weighted by Gasteiger charge is -2.31. The fourth-order valence-corrected chi connectivity index (χ4v) is 3.47. The van der Waals surface area contributed by atoms with E-state index >= 15 is 0 Å². The quantitative estimate of drug-likeness (QED) is 0.869. The summed E-state index contributed by atoms with van der Waals surface area (Å²) in [7, 11) is -3.31. The number of halogens is 1. The van der Waals surface area contributed by atoms with Crippen LogP contribution in [-0.4, -0.2) is 33.2 Å². The molecule has 0 bridgehead atoms. The Hall–Kier alpha value is -1.11. The molecule has 0 aromatic heterocycles. The van der Waals surface area contributed by atoms with E-state index in [0.29, 0.717) is 18.0 Å². The second-order valence-corrected chi connectivity index (χ2v) is 7.68. The molecular formula is C15H23ClN2O3S. The van der Waals surface area contributed by atoms with Crippen LogP contribution >= 0.6 is 12.4 Å². The summed E-state index contributed by atoms with van der Waals surface area (Å²) < 4.78 is 23.1. The van der Waals surface area contributed by atoms with Gasteiger partial charge in [0.2, 0.25) is 0 Å². The van der Waals surface area contributed by atoms with Gasteiger partial charge in [0.15, 0.2) is 9.84 Å². The van der Waals surface area contributed by atoms with Crippen LogP contribution in [0, 0.1) is 5.92 Å². The summed E-state index contributed by atoms with van der Waals surface area (Å²) in [6, 6.07) is 6.22. The van der Waals surface area contributed by atoms with Crippen LogP contribution in [0.1, 0.15) is 36.0 Å². The van der Waals surface area contributed by atoms with Crippen molar-refractivity contribution < 1.29 is 13.2 Å². The molecule has 0 radical (unpaired) electrons. The second kappa shape index (κ2) is 7.94. The van der Waals surface area contributed by atoms with Gasteiger partial charge in [-0.15, -0.1) is 12.4 Å². The van der Waals surface area contributed by atoms with Crippen LogP contribution in [0.25, 0.3) is 0 Å². The highest BCUT2D eigenvalue weighted by molar-refractivity contribution is 7.90. The van der Waals surface area contributed by atoms with Crippen LogP contribution in [0.5, 0.6) is 0 Å². The van der Waals surface area contributed by atoms with Crippen LogP contribution in [-0.2, 0) is 9.84 Å². The van der Waals surface area contributed by atoms with Crippen molar-refractivity contribution in [3.05, 3.63) is 29.8 Å². The summed E-state index contributed by atoms with van der Waals surface area (Å²) in [6.45, 7) is 0.564. The minimum Gasteiger partial charge on any atom is -0.349 e. The number of carbonyl (C=O) groups is 1. The minimum atomic E-state index is -3.31. The molecule has 0 spiro atoms. The molecule has 3 N–H and O–H groups in total. The first-order valence-corrected chi connectivity index (χ1v) is 9.12. The van der Waals surface area contributed by atoms with E-state index in [-0.39, 0.29) is 29.3 Å². The summed E-state index contributed by atoms with van der Waals surface area (Å²) in [5, 5.41) is 3.00. The SMILES string of the molecule is CS(=O)(=O)c1cccc(C(=O)NC2CCCCC2CN)c1.Cl. The number of sulfone groups is 1. The number of benzene rings is 1. The van der Waals surface area contributed by atoms with Gasteiger partial charge in [0.05, 0.1) is 4.90 Å². The molecule has 1 fully saturated rings. The third-order valence-electron chi connectivity index (χ3n) is 4.05. The zero-order chi connectivity index (χ0) is 15.5. The molecule has 0 aliphatic heterocycles. The molecule has 1 aromatic carbocycles. The van der Waals surface area contributed by atoms with Crippen molar-refractivity contribution in [2.45, 2.75) is 36.6 Å². The van der Waals surface area contributed by atoms with Crippen molar-refractivity contribution in [2.75, 3.05) is 12.8 Å². The maximum Gasteiger partial charge on any atom is 0.251 e. The molecule has 2 atom stereocenters. The van der Waals surface area contributed by atoms with Crippen molar-refractivity contribution in [3.8, 4) is 0 Å². The second-order valence-electron chi connectivity index (χ2n) is 5.66. The highest BCUT2D eigenvalue weighted by Gasteiger charge is 2.25. The van der Waals surface area contributed by atoms with Gasteiger partial charge in [-0.05, 0) is 43.5 Å². The summed E-state index contributed by atoms with van der Waals surface area (Å²) in [6.07, 6.45) is 5.34. The lowest BCUT2D eigenvalue weighted by molar-refractivity contribution is 0.0908. The third-order valence-corrected chi connectivity index (χ3v) is 5.16. The number of hydrogen-bond acceptors (Lipinski definition) is 4. The first-order valence-electron chi connectivity index (χ1n) is 7.23. The average molecular weight is 347 g/mol. The molecule has 2 unspecified atom stereocenters. The number of carbonyl (C=O) groups excluding carboxylic acids is 1. The Kier molecular flexibility index (Phi) is 6.84. The van der Waals surface area contributed by atoms with Crippen molar-refractivity contribution >= 4 is 28.2 Å². The Morgan fingerprint density at radius 3 is 2.64 bits per heavy atom. The monoisotopic (exact) mass is 346 g/mol. The number of nitrogens with two attached hydrogens (primary N) is 1. The molecule has 5 nitrogen and oxygen atoms in total. The number of hydrogen-bond donors (Lipinski definition) is 2. The van der Waals surface area contributed by atoms with Crippen LogP contribution in [0.2, 0.25) is 0 Å².